The van der Waals surface area contributed by atoms with E-state index in [-0.39, 0.29) is 5.56 Å². The molecule has 1 saturated carbocycles. The Kier molecular flexibility index (Phi) is 3.70. The highest BCUT2D eigenvalue weighted by Gasteiger charge is 2.30. The summed E-state index contributed by atoms with van der Waals surface area (Å²) in [6.07, 6.45) is 3.80. The monoisotopic (exact) mass is 287 g/mol. The number of ether oxygens (including phenoxy) is 1. The highest BCUT2D eigenvalue weighted by atomic mass is 16.5. The second-order valence-electron chi connectivity index (χ2n) is 5.15. The summed E-state index contributed by atoms with van der Waals surface area (Å²) in [6, 6.07) is 5.47. The van der Waals surface area contributed by atoms with Crippen molar-refractivity contribution >= 4 is 22.7 Å². The molecule has 0 radical (unpaired) electrons. The molecule has 2 aromatic rings. The number of anilines is 1. The van der Waals surface area contributed by atoms with Crippen LogP contribution < -0.4 is 4.90 Å². The van der Waals surface area contributed by atoms with Gasteiger partial charge in [0.05, 0.1) is 17.7 Å². The largest absolute Gasteiger partial charge is 0.478 e. The van der Waals surface area contributed by atoms with Gasteiger partial charge in [0.25, 0.3) is 0 Å². The maximum atomic E-state index is 11.1. The van der Waals surface area contributed by atoms with Gasteiger partial charge in [-0.1, -0.05) is 0 Å². The SMILES string of the molecule is COCCN(c1ncnc2cc(C(=O)O)ccc12)C1CC1. The Bertz CT molecular complexity index is 670. The van der Waals surface area contributed by atoms with Gasteiger partial charge < -0.3 is 14.7 Å². The molecule has 1 aromatic heterocycles. The van der Waals surface area contributed by atoms with Gasteiger partial charge in [-0.25, -0.2) is 14.8 Å². The molecule has 0 atom stereocenters. The van der Waals surface area contributed by atoms with E-state index in [4.69, 9.17) is 9.84 Å². The third-order valence-corrected chi connectivity index (χ3v) is 3.66. The zero-order valence-corrected chi connectivity index (χ0v) is 11.8. The summed E-state index contributed by atoms with van der Waals surface area (Å²) in [7, 11) is 1.68. The summed E-state index contributed by atoms with van der Waals surface area (Å²) in [5.74, 6) is -0.0908. The number of hydrogen-bond acceptors (Lipinski definition) is 5. The standard InChI is InChI=1S/C15H17N3O3/c1-21-7-6-18(11-3-4-11)14-12-5-2-10(15(19)20)8-13(12)16-9-17-14/h2,5,8-9,11H,3-4,6-7H2,1H3,(H,19,20). The topological polar surface area (TPSA) is 75.5 Å². The average Bonchev–Trinajstić information content (AvgIpc) is 3.32. The minimum Gasteiger partial charge on any atom is -0.478 e. The van der Waals surface area contributed by atoms with E-state index in [2.05, 4.69) is 14.9 Å². The van der Waals surface area contributed by atoms with Crippen LogP contribution in [0.2, 0.25) is 0 Å². The quantitative estimate of drug-likeness (QED) is 0.875. The van der Waals surface area contributed by atoms with Crippen molar-refractivity contribution in [3.8, 4) is 0 Å². The predicted octanol–water partition coefficient (Wildman–Crippen LogP) is 1.94. The van der Waals surface area contributed by atoms with Crippen molar-refractivity contribution in [2.45, 2.75) is 18.9 Å². The van der Waals surface area contributed by atoms with Gasteiger partial charge in [-0.15, -0.1) is 0 Å². The number of rotatable bonds is 6. The van der Waals surface area contributed by atoms with Crippen molar-refractivity contribution in [2.75, 3.05) is 25.2 Å². The molecule has 1 aliphatic rings. The molecular formula is C15H17N3O3. The zero-order chi connectivity index (χ0) is 14.8. The molecule has 3 rings (SSSR count). The van der Waals surface area contributed by atoms with E-state index in [9.17, 15) is 4.79 Å². The first-order valence-electron chi connectivity index (χ1n) is 6.94. The number of methoxy groups -OCH3 is 1. The Balaban J connectivity index is 2.02. The van der Waals surface area contributed by atoms with Crippen LogP contribution in [0.3, 0.4) is 0 Å². The lowest BCUT2D eigenvalue weighted by Gasteiger charge is -2.24. The van der Waals surface area contributed by atoms with Crippen LogP contribution in [0.4, 0.5) is 5.82 Å². The van der Waals surface area contributed by atoms with Crippen molar-refractivity contribution < 1.29 is 14.6 Å². The van der Waals surface area contributed by atoms with E-state index in [1.54, 1.807) is 25.3 Å². The van der Waals surface area contributed by atoms with Gasteiger partial charge in [0.1, 0.15) is 12.1 Å². The number of carboxylic acid groups (broad SMARTS) is 1. The fraction of sp³-hybridized carbons (Fsp3) is 0.400. The lowest BCUT2D eigenvalue weighted by Crippen LogP contribution is -2.30. The van der Waals surface area contributed by atoms with E-state index in [0.717, 1.165) is 30.6 Å². The van der Waals surface area contributed by atoms with Gasteiger partial charge >= 0.3 is 5.97 Å². The number of carbonyl (C=O) groups is 1. The molecule has 0 amide bonds. The second kappa shape index (κ2) is 5.65. The molecule has 21 heavy (non-hydrogen) atoms. The molecule has 110 valence electrons. The third-order valence-electron chi connectivity index (χ3n) is 3.66. The second-order valence-corrected chi connectivity index (χ2v) is 5.15. The number of benzene rings is 1. The molecule has 0 aliphatic heterocycles. The molecule has 0 bridgehead atoms. The smallest absolute Gasteiger partial charge is 0.335 e. The predicted molar refractivity (Wildman–Crippen MR) is 78.7 cm³/mol. The number of fused-ring (bicyclic) bond motifs is 1. The Morgan fingerprint density at radius 3 is 2.90 bits per heavy atom. The number of nitrogens with zero attached hydrogens (tertiary/aromatic N) is 3. The molecule has 1 aromatic carbocycles. The van der Waals surface area contributed by atoms with Gasteiger partial charge in [-0.05, 0) is 31.0 Å². The molecule has 6 heteroatoms. The van der Waals surface area contributed by atoms with Crippen molar-refractivity contribution in [3.63, 3.8) is 0 Å². The van der Waals surface area contributed by atoms with Crippen LogP contribution in [0.15, 0.2) is 24.5 Å². The summed E-state index contributed by atoms with van der Waals surface area (Å²) in [5, 5.41) is 9.95. The molecule has 1 aliphatic carbocycles. The fourth-order valence-corrected chi connectivity index (χ4v) is 2.44. The van der Waals surface area contributed by atoms with Crippen LogP contribution in [0.1, 0.15) is 23.2 Å². The normalized spacial score (nSPS) is 14.3. The Morgan fingerprint density at radius 1 is 1.43 bits per heavy atom. The molecule has 1 N–H and O–H groups in total. The van der Waals surface area contributed by atoms with Crippen molar-refractivity contribution in [2.24, 2.45) is 0 Å². The van der Waals surface area contributed by atoms with E-state index in [1.807, 2.05) is 0 Å². The minimum absolute atomic E-state index is 0.238. The Morgan fingerprint density at radius 2 is 2.24 bits per heavy atom. The van der Waals surface area contributed by atoms with E-state index < -0.39 is 5.97 Å². The van der Waals surface area contributed by atoms with E-state index in [0.29, 0.717) is 18.2 Å². The lowest BCUT2D eigenvalue weighted by atomic mass is 10.1. The van der Waals surface area contributed by atoms with Gasteiger partial charge in [0.2, 0.25) is 0 Å². The fourth-order valence-electron chi connectivity index (χ4n) is 2.44. The van der Waals surface area contributed by atoms with Gasteiger partial charge in [-0.3, -0.25) is 0 Å². The molecule has 0 spiro atoms. The Hall–Kier alpha value is -2.21. The number of aromatic nitrogens is 2. The summed E-state index contributed by atoms with van der Waals surface area (Å²) >= 11 is 0. The van der Waals surface area contributed by atoms with E-state index >= 15 is 0 Å². The molecule has 6 nitrogen and oxygen atoms in total. The number of hydrogen-bond donors (Lipinski definition) is 1. The molecule has 1 fully saturated rings. The molecule has 0 unspecified atom stereocenters. The zero-order valence-electron chi connectivity index (χ0n) is 11.8. The van der Waals surface area contributed by atoms with Crippen molar-refractivity contribution in [1.29, 1.82) is 0 Å². The van der Waals surface area contributed by atoms with E-state index in [1.165, 1.54) is 6.33 Å². The van der Waals surface area contributed by atoms with Crippen LogP contribution in [0, 0.1) is 0 Å². The average molecular weight is 287 g/mol. The molecule has 1 heterocycles. The van der Waals surface area contributed by atoms with Crippen LogP contribution >= 0.6 is 0 Å². The molecule has 0 saturated heterocycles. The Labute approximate surface area is 122 Å². The lowest BCUT2D eigenvalue weighted by molar-refractivity contribution is 0.0697. The number of aromatic carboxylic acids is 1. The highest BCUT2D eigenvalue weighted by Crippen LogP contribution is 2.33. The summed E-state index contributed by atoms with van der Waals surface area (Å²) in [5.41, 5.74) is 0.894. The molecular weight excluding hydrogens is 270 g/mol. The van der Waals surface area contributed by atoms with Crippen LogP contribution in [0.5, 0.6) is 0 Å². The van der Waals surface area contributed by atoms with Crippen molar-refractivity contribution in [3.05, 3.63) is 30.1 Å². The third kappa shape index (κ3) is 2.80. The first-order valence-corrected chi connectivity index (χ1v) is 6.94. The number of carboxylic acids is 1. The summed E-state index contributed by atoms with van der Waals surface area (Å²) in [4.78, 5) is 21.9. The van der Waals surface area contributed by atoms with Gasteiger partial charge in [-0.2, -0.15) is 0 Å². The van der Waals surface area contributed by atoms with Crippen LogP contribution in [-0.4, -0.2) is 47.3 Å². The summed E-state index contributed by atoms with van der Waals surface area (Å²) in [6.45, 7) is 1.41. The first-order chi connectivity index (χ1) is 10.2. The highest BCUT2D eigenvalue weighted by molar-refractivity contribution is 5.96. The van der Waals surface area contributed by atoms with Gasteiger partial charge in [0, 0.05) is 25.1 Å². The van der Waals surface area contributed by atoms with Crippen LogP contribution in [-0.2, 0) is 4.74 Å². The maximum Gasteiger partial charge on any atom is 0.335 e. The minimum atomic E-state index is -0.949. The maximum absolute atomic E-state index is 11.1. The van der Waals surface area contributed by atoms with Gasteiger partial charge in [0.15, 0.2) is 0 Å². The van der Waals surface area contributed by atoms with Crippen LogP contribution in [0.25, 0.3) is 10.9 Å². The first kappa shape index (κ1) is 13.8. The van der Waals surface area contributed by atoms with Crippen molar-refractivity contribution in [1.82, 2.24) is 9.97 Å². The summed E-state index contributed by atoms with van der Waals surface area (Å²) < 4.78 is 5.17.